The molecule has 8 nitrogen and oxygen atoms in total. The second kappa shape index (κ2) is 8.59. The molecule has 0 aliphatic heterocycles. The van der Waals surface area contributed by atoms with Crippen LogP contribution in [0.2, 0.25) is 0 Å². The number of nitrogens with zero attached hydrogens (tertiary/aromatic N) is 1. The Morgan fingerprint density at radius 1 is 0.939 bits per heavy atom. The molecular weight excluding hydrogens is 440 g/mol. The number of aromatic amines is 2. The van der Waals surface area contributed by atoms with Gasteiger partial charge < -0.3 is 14.9 Å². The van der Waals surface area contributed by atoms with Gasteiger partial charge in [0, 0.05) is 24.8 Å². The summed E-state index contributed by atoms with van der Waals surface area (Å²) in [7, 11) is -2.14. The van der Waals surface area contributed by atoms with Crippen LogP contribution in [0.25, 0.3) is 11.0 Å². The van der Waals surface area contributed by atoms with Gasteiger partial charge in [-0.15, -0.1) is 0 Å². The maximum Gasteiger partial charge on any atom is 0.323 e. The highest BCUT2D eigenvalue weighted by atomic mass is 32.2. The number of benzene rings is 3. The van der Waals surface area contributed by atoms with Gasteiger partial charge in [0.25, 0.3) is 15.9 Å². The van der Waals surface area contributed by atoms with E-state index < -0.39 is 15.7 Å². The van der Waals surface area contributed by atoms with Crippen LogP contribution in [0.1, 0.15) is 27.0 Å². The summed E-state index contributed by atoms with van der Waals surface area (Å²) in [6, 6.07) is 16.7. The maximum absolute atomic E-state index is 12.8. The van der Waals surface area contributed by atoms with Crippen LogP contribution in [-0.2, 0) is 16.6 Å². The molecule has 0 unspecified atom stereocenters. The van der Waals surface area contributed by atoms with Gasteiger partial charge in [-0.3, -0.25) is 9.52 Å². The fourth-order valence-electron chi connectivity index (χ4n) is 3.64. The molecule has 4 aromatic rings. The number of hydrogen-bond acceptors (Lipinski definition) is 4. The minimum atomic E-state index is -3.88. The second-order valence-corrected chi connectivity index (χ2v) is 9.74. The first-order valence-electron chi connectivity index (χ1n) is 10.3. The van der Waals surface area contributed by atoms with Crippen molar-refractivity contribution in [1.82, 2.24) is 14.9 Å². The lowest BCUT2D eigenvalue weighted by atomic mass is 10.1. The lowest BCUT2D eigenvalue weighted by molar-refractivity contribution is 0.0785. The minimum Gasteiger partial charge on any atom is -0.337 e. The van der Waals surface area contributed by atoms with Crippen molar-refractivity contribution >= 4 is 32.7 Å². The number of carbonyl (C=O) groups excluding carboxylic acids is 1. The molecule has 0 radical (unpaired) electrons. The van der Waals surface area contributed by atoms with Crippen LogP contribution in [-0.4, -0.2) is 36.2 Å². The summed E-state index contributed by atoms with van der Waals surface area (Å²) < 4.78 is 28.0. The predicted molar refractivity (Wildman–Crippen MR) is 128 cm³/mol. The van der Waals surface area contributed by atoms with Crippen molar-refractivity contribution in [2.75, 3.05) is 11.8 Å². The Morgan fingerprint density at radius 3 is 2.33 bits per heavy atom. The number of hydrogen-bond donors (Lipinski definition) is 3. The van der Waals surface area contributed by atoms with Crippen molar-refractivity contribution < 1.29 is 13.2 Å². The zero-order valence-electron chi connectivity index (χ0n) is 18.5. The quantitative estimate of drug-likeness (QED) is 0.405. The molecule has 3 N–H and O–H groups in total. The monoisotopic (exact) mass is 464 g/mol. The zero-order chi connectivity index (χ0) is 23.8. The number of aromatic nitrogens is 2. The molecule has 0 spiro atoms. The van der Waals surface area contributed by atoms with Crippen LogP contribution in [0.3, 0.4) is 0 Å². The number of carbonyl (C=O) groups is 1. The molecule has 170 valence electrons. The number of amides is 1. The van der Waals surface area contributed by atoms with E-state index in [2.05, 4.69) is 20.8 Å². The third-order valence-electron chi connectivity index (χ3n) is 5.43. The molecule has 1 aromatic heterocycles. The van der Waals surface area contributed by atoms with Crippen LogP contribution in [0, 0.1) is 13.8 Å². The van der Waals surface area contributed by atoms with E-state index in [0.29, 0.717) is 28.8 Å². The Bertz CT molecular complexity index is 1500. The van der Waals surface area contributed by atoms with Gasteiger partial charge in [-0.25, -0.2) is 13.2 Å². The third-order valence-corrected chi connectivity index (χ3v) is 6.81. The molecule has 1 heterocycles. The van der Waals surface area contributed by atoms with E-state index in [1.54, 1.807) is 36.2 Å². The lowest BCUT2D eigenvalue weighted by Gasteiger charge is -2.19. The molecule has 33 heavy (non-hydrogen) atoms. The molecule has 9 heteroatoms. The van der Waals surface area contributed by atoms with Crippen molar-refractivity contribution in [3.05, 3.63) is 93.4 Å². The Balaban J connectivity index is 1.47. The van der Waals surface area contributed by atoms with Crippen molar-refractivity contribution in [1.29, 1.82) is 0 Å². The first-order chi connectivity index (χ1) is 15.6. The molecule has 0 aliphatic carbocycles. The highest BCUT2D eigenvalue weighted by Gasteiger charge is 2.17. The molecule has 1 amide bonds. The van der Waals surface area contributed by atoms with E-state index in [9.17, 15) is 18.0 Å². The van der Waals surface area contributed by atoms with Gasteiger partial charge in [-0.2, -0.15) is 0 Å². The van der Waals surface area contributed by atoms with Crippen LogP contribution in [0.4, 0.5) is 5.69 Å². The molecule has 0 atom stereocenters. The van der Waals surface area contributed by atoms with Gasteiger partial charge in [0.2, 0.25) is 0 Å². The summed E-state index contributed by atoms with van der Waals surface area (Å²) in [6.45, 7) is 4.52. The molecule has 3 aromatic carbocycles. The van der Waals surface area contributed by atoms with E-state index >= 15 is 0 Å². The number of nitrogens with one attached hydrogen (secondary N) is 3. The van der Waals surface area contributed by atoms with Gasteiger partial charge in [-0.1, -0.05) is 23.8 Å². The van der Waals surface area contributed by atoms with E-state index in [1.165, 1.54) is 23.8 Å². The van der Waals surface area contributed by atoms with Crippen LogP contribution < -0.4 is 10.4 Å². The van der Waals surface area contributed by atoms with Gasteiger partial charge in [0.15, 0.2) is 0 Å². The molecule has 4 rings (SSSR count). The number of H-pyrrole nitrogens is 2. The normalized spacial score (nSPS) is 11.5. The van der Waals surface area contributed by atoms with Gasteiger partial charge in [0.1, 0.15) is 0 Å². The molecular formula is C24H24N4O4S. The highest BCUT2D eigenvalue weighted by molar-refractivity contribution is 7.92. The van der Waals surface area contributed by atoms with Gasteiger partial charge in [0.05, 0.1) is 15.9 Å². The Labute approximate surface area is 191 Å². The Hall–Kier alpha value is -3.85. The molecule has 0 aliphatic rings. The second-order valence-electron chi connectivity index (χ2n) is 8.06. The Kier molecular flexibility index (Phi) is 5.82. The van der Waals surface area contributed by atoms with E-state index in [4.69, 9.17) is 0 Å². The SMILES string of the molecule is Cc1ccc(CN(C)C(=O)c2ccc(NS(=O)(=O)c3ccc4[nH]c(=O)[nH]c4c3)cc2)c(C)c1. The lowest BCUT2D eigenvalue weighted by Crippen LogP contribution is -2.26. The highest BCUT2D eigenvalue weighted by Crippen LogP contribution is 2.20. The number of anilines is 1. The third kappa shape index (κ3) is 4.83. The fourth-order valence-corrected chi connectivity index (χ4v) is 4.73. The molecule has 0 bridgehead atoms. The number of sulfonamides is 1. The molecule has 0 fully saturated rings. The summed E-state index contributed by atoms with van der Waals surface area (Å²) in [5, 5.41) is 0. The first-order valence-corrected chi connectivity index (χ1v) is 11.8. The summed E-state index contributed by atoms with van der Waals surface area (Å²) in [6.07, 6.45) is 0. The van der Waals surface area contributed by atoms with Crippen molar-refractivity contribution in [2.45, 2.75) is 25.3 Å². The summed E-state index contributed by atoms with van der Waals surface area (Å²) >= 11 is 0. The van der Waals surface area contributed by atoms with Crippen molar-refractivity contribution in [2.24, 2.45) is 0 Å². The minimum absolute atomic E-state index is 0.0126. The van der Waals surface area contributed by atoms with Crippen LogP contribution in [0.5, 0.6) is 0 Å². The number of rotatable bonds is 6. The molecule has 0 saturated carbocycles. The smallest absolute Gasteiger partial charge is 0.323 e. The summed E-state index contributed by atoms with van der Waals surface area (Å²) in [5.41, 5.74) is 4.66. The Morgan fingerprint density at radius 2 is 1.64 bits per heavy atom. The zero-order valence-corrected chi connectivity index (χ0v) is 19.3. The van der Waals surface area contributed by atoms with Crippen LogP contribution >= 0.6 is 0 Å². The van der Waals surface area contributed by atoms with Crippen molar-refractivity contribution in [3.8, 4) is 0 Å². The average molecular weight is 465 g/mol. The topological polar surface area (TPSA) is 115 Å². The van der Waals surface area contributed by atoms with Gasteiger partial charge >= 0.3 is 5.69 Å². The van der Waals surface area contributed by atoms with Crippen molar-refractivity contribution in [3.63, 3.8) is 0 Å². The van der Waals surface area contributed by atoms with Gasteiger partial charge in [-0.05, 0) is 67.4 Å². The fraction of sp³-hybridized carbons (Fsp3) is 0.167. The number of imidazole rings is 1. The number of aryl methyl sites for hydroxylation is 2. The average Bonchev–Trinajstić information content (AvgIpc) is 3.14. The van der Waals surface area contributed by atoms with Crippen LogP contribution in [0.15, 0.2) is 70.4 Å². The van der Waals surface area contributed by atoms with E-state index in [1.807, 2.05) is 26.0 Å². The first kappa shape index (κ1) is 22.3. The summed E-state index contributed by atoms with van der Waals surface area (Å²) in [4.78, 5) is 31.0. The molecule has 0 saturated heterocycles. The predicted octanol–water partition coefficient (Wildman–Crippen LogP) is 3.55. The summed E-state index contributed by atoms with van der Waals surface area (Å²) in [5.74, 6) is -0.161. The maximum atomic E-state index is 12.8. The van der Waals surface area contributed by atoms with E-state index in [-0.39, 0.29) is 10.8 Å². The largest absolute Gasteiger partial charge is 0.337 e. The number of fused-ring (bicyclic) bond motifs is 1. The van der Waals surface area contributed by atoms with E-state index in [0.717, 1.165) is 11.1 Å². The standard InChI is InChI=1S/C24H24N4O4S/c1-15-4-5-18(16(2)12-15)14-28(3)23(29)17-6-8-19(9-7-17)27-33(31,32)20-10-11-21-22(13-20)26-24(30)25-21/h4-13,27H,14H2,1-3H3,(H2,25,26,30).